The van der Waals surface area contributed by atoms with E-state index >= 15 is 0 Å². The van der Waals surface area contributed by atoms with Crippen LogP contribution in [0, 0.1) is 19.7 Å². The van der Waals surface area contributed by atoms with Crippen LogP contribution >= 0.6 is 0 Å². The fourth-order valence-electron chi connectivity index (χ4n) is 1.86. The van der Waals surface area contributed by atoms with Gasteiger partial charge in [-0.15, -0.1) is 0 Å². The van der Waals surface area contributed by atoms with Gasteiger partial charge in [-0.25, -0.2) is 4.39 Å². The molecule has 1 heterocycles. The van der Waals surface area contributed by atoms with Crippen LogP contribution < -0.4 is 11.1 Å². The van der Waals surface area contributed by atoms with Crippen molar-refractivity contribution in [2.75, 3.05) is 5.73 Å². The lowest BCUT2D eigenvalue weighted by Crippen LogP contribution is -2.28. The Kier molecular flexibility index (Phi) is 4.02. The molecule has 0 saturated carbocycles. The first-order valence-corrected chi connectivity index (χ1v) is 6.28. The van der Waals surface area contributed by atoms with Crippen molar-refractivity contribution < 1.29 is 9.18 Å². The lowest BCUT2D eigenvalue weighted by atomic mass is 10.2. The molecule has 0 aliphatic rings. The Balaban J connectivity index is 1.92. The number of amides is 1. The van der Waals surface area contributed by atoms with Crippen molar-refractivity contribution in [3.05, 3.63) is 47.0 Å². The number of aryl methyl sites for hydroxylation is 1. The molecule has 20 heavy (non-hydrogen) atoms. The summed E-state index contributed by atoms with van der Waals surface area (Å²) in [6.45, 7) is 4.09. The second-order valence-corrected chi connectivity index (χ2v) is 4.65. The van der Waals surface area contributed by atoms with Gasteiger partial charge in [0.2, 0.25) is 5.91 Å². The molecule has 0 radical (unpaired) electrons. The molecule has 0 saturated heterocycles. The van der Waals surface area contributed by atoms with Crippen molar-refractivity contribution >= 4 is 11.6 Å². The monoisotopic (exact) mass is 276 g/mol. The molecule has 0 fully saturated rings. The molecule has 2 aromatic rings. The zero-order chi connectivity index (χ0) is 14.7. The van der Waals surface area contributed by atoms with Crippen molar-refractivity contribution in [1.82, 2.24) is 15.1 Å². The van der Waals surface area contributed by atoms with E-state index in [-0.39, 0.29) is 18.3 Å². The zero-order valence-electron chi connectivity index (χ0n) is 11.5. The highest BCUT2D eigenvalue weighted by atomic mass is 19.1. The van der Waals surface area contributed by atoms with Gasteiger partial charge in [0.15, 0.2) is 0 Å². The number of halogens is 1. The van der Waals surface area contributed by atoms with Gasteiger partial charge in [-0.2, -0.15) is 5.10 Å². The van der Waals surface area contributed by atoms with Crippen LogP contribution in [0.5, 0.6) is 0 Å². The van der Waals surface area contributed by atoms with Crippen LogP contribution in [0.1, 0.15) is 17.0 Å². The summed E-state index contributed by atoms with van der Waals surface area (Å²) in [5.74, 6) is -0.460. The maximum Gasteiger partial charge on any atom is 0.242 e. The first-order chi connectivity index (χ1) is 9.47. The number of nitrogens with two attached hydrogens (primary N) is 1. The molecule has 106 valence electrons. The van der Waals surface area contributed by atoms with Crippen molar-refractivity contribution in [2.24, 2.45) is 0 Å². The number of anilines is 1. The van der Waals surface area contributed by atoms with Crippen molar-refractivity contribution in [2.45, 2.75) is 26.9 Å². The van der Waals surface area contributed by atoms with E-state index in [9.17, 15) is 9.18 Å². The average Bonchev–Trinajstić information content (AvgIpc) is 2.66. The van der Waals surface area contributed by atoms with Gasteiger partial charge in [0.1, 0.15) is 12.4 Å². The van der Waals surface area contributed by atoms with E-state index in [2.05, 4.69) is 10.4 Å². The maximum absolute atomic E-state index is 12.7. The van der Waals surface area contributed by atoms with Gasteiger partial charge in [-0.1, -0.05) is 12.1 Å². The number of nitrogens with zero attached hydrogens (tertiary/aromatic N) is 2. The quantitative estimate of drug-likeness (QED) is 0.889. The number of aromatic nitrogens is 2. The standard InChI is InChI=1S/C14H17FN4O/c1-9-14(16)10(2)19(18-9)8-13(20)17-7-11-3-5-12(15)6-4-11/h3-6H,7-8,16H2,1-2H3,(H,17,20). The largest absolute Gasteiger partial charge is 0.396 e. The van der Waals surface area contributed by atoms with E-state index in [1.54, 1.807) is 23.7 Å². The molecule has 6 heteroatoms. The summed E-state index contributed by atoms with van der Waals surface area (Å²) in [4.78, 5) is 11.8. The lowest BCUT2D eigenvalue weighted by molar-refractivity contribution is -0.122. The van der Waals surface area contributed by atoms with Gasteiger partial charge in [0.05, 0.1) is 17.1 Å². The smallest absolute Gasteiger partial charge is 0.242 e. The van der Waals surface area contributed by atoms with Gasteiger partial charge < -0.3 is 11.1 Å². The molecule has 1 aromatic carbocycles. The van der Waals surface area contributed by atoms with E-state index in [4.69, 9.17) is 5.73 Å². The van der Waals surface area contributed by atoms with Crippen LogP contribution in [0.2, 0.25) is 0 Å². The molecule has 2 rings (SSSR count). The highest BCUT2D eigenvalue weighted by Gasteiger charge is 2.11. The van der Waals surface area contributed by atoms with Crippen LogP contribution in [0.15, 0.2) is 24.3 Å². The molecule has 0 atom stereocenters. The molecule has 5 nitrogen and oxygen atoms in total. The van der Waals surface area contributed by atoms with Gasteiger partial charge in [0, 0.05) is 6.54 Å². The van der Waals surface area contributed by atoms with E-state index in [1.165, 1.54) is 12.1 Å². The summed E-state index contributed by atoms with van der Waals surface area (Å²) in [7, 11) is 0. The maximum atomic E-state index is 12.7. The third kappa shape index (κ3) is 3.14. The Morgan fingerprint density at radius 3 is 2.55 bits per heavy atom. The molecular weight excluding hydrogens is 259 g/mol. The van der Waals surface area contributed by atoms with Gasteiger partial charge >= 0.3 is 0 Å². The summed E-state index contributed by atoms with van der Waals surface area (Å²) >= 11 is 0. The number of rotatable bonds is 4. The third-order valence-electron chi connectivity index (χ3n) is 3.13. The second kappa shape index (κ2) is 5.73. The molecule has 0 spiro atoms. The summed E-state index contributed by atoms with van der Waals surface area (Å²) in [6.07, 6.45) is 0. The summed E-state index contributed by atoms with van der Waals surface area (Å²) < 4.78 is 14.3. The van der Waals surface area contributed by atoms with Crippen molar-refractivity contribution in [1.29, 1.82) is 0 Å². The number of hydrogen-bond donors (Lipinski definition) is 2. The third-order valence-corrected chi connectivity index (χ3v) is 3.13. The van der Waals surface area contributed by atoms with E-state index < -0.39 is 0 Å². The first-order valence-electron chi connectivity index (χ1n) is 6.28. The molecule has 0 bridgehead atoms. The highest BCUT2D eigenvalue weighted by Crippen LogP contribution is 2.14. The van der Waals surface area contributed by atoms with Crippen LogP contribution in [-0.2, 0) is 17.9 Å². The topological polar surface area (TPSA) is 72.9 Å². The Morgan fingerprint density at radius 2 is 2.00 bits per heavy atom. The molecule has 0 unspecified atom stereocenters. The average molecular weight is 276 g/mol. The predicted octanol–water partition coefficient (Wildman–Crippen LogP) is 1.54. The summed E-state index contributed by atoms with van der Waals surface area (Å²) in [5.41, 5.74) is 8.75. The zero-order valence-corrected chi connectivity index (χ0v) is 11.5. The van der Waals surface area contributed by atoms with Gasteiger partial charge in [-0.3, -0.25) is 9.48 Å². The minimum atomic E-state index is -0.293. The van der Waals surface area contributed by atoms with Crippen LogP contribution in [0.4, 0.5) is 10.1 Å². The number of nitrogens with one attached hydrogen (secondary N) is 1. The molecule has 1 amide bonds. The number of hydrogen-bond acceptors (Lipinski definition) is 3. The van der Waals surface area contributed by atoms with Crippen LogP contribution in [0.3, 0.4) is 0 Å². The number of benzene rings is 1. The highest BCUT2D eigenvalue weighted by molar-refractivity contribution is 5.75. The summed E-state index contributed by atoms with van der Waals surface area (Å²) in [6, 6.07) is 6.00. The lowest BCUT2D eigenvalue weighted by Gasteiger charge is -2.07. The number of carbonyl (C=O) groups is 1. The Hall–Kier alpha value is -2.37. The minimum absolute atomic E-state index is 0.116. The van der Waals surface area contributed by atoms with Gasteiger partial charge in [-0.05, 0) is 31.5 Å². The first kappa shape index (κ1) is 14.0. The van der Waals surface area contributed by atoms with Crippen molar-refractivity contribution in [3.63, 3.8) is 0 Å². The fourth-order valence-corrected chi connectivity index (χ4v) is 1.86. The van der Waals surface area contributed by atoms with E-state index in [1.807, 2.05) is 6.92 Å². The SMILES string of the molecule is Cc1nn(CC(=O)NCc2ccc(F)cc2)c(C)c1N. The number of carbonyl (C=O) groups excluding carboxylic acids is 1. The molecular formula is C14H17FN4O. The van der Waals surface area contributed by atoms with Gasteiger partial charge in [0.25, 0.3) is 0 Å². The minimum Gasteiger partial charge on any atom is -0.396 e. The summed E-state index contributed by atoms with van der Waals surface area (Å²) in [5, 5.41) is 6.96. The van der Waals surface area contributed by atoms with E-state index in [0.717, 1.165) is 11.3 Å². The Bertz CT molecular complexity index is 619. The molecule has 3 N–H and O–H groups in total. The Labute approximate surface area is 116 Å². The molecule has 0 aliphatic carbocycles. The molecule has 0 aliphatic heterocycles. The number of nitrogen functional groups attached to an aromatic ring is 1. The van der Waals surface area contributed by atoms with Crippen LogP contribution in [0.25, 0.3) is 0 Å². The second-order valence-electron chi connectivity index (χ2n) is 4.65. The fraction of sp³-hybridized carbons (Fsp3) is 0.286. The van der Waals surface area contributed by atoms with E-state index in [0.29, 0.717) is 17.9 Å². The Morgan fingerprint density at radius 1 is 1.35 bits per heavy atom. The molecule has 1 aromatic heterocycles. The van der Waals surface area contributed by atoms with Crippen LogP contribution in [-0.4, -0.2) is 15.7 Å². The van der Waals surface area contributed by atoms with Crippen molar-refractivity contribution in [3.8, 4) is 0 Å². The predicted molar refractivity (Wildman–Crippen MR) is 74.4 cm³/mol. The normalized spacial score (nSPS) is 10.6.